The predicted molar refractivity (Wildman–Crippen MR) is 57.1 cm³/mol. The molecule has 2 unspecified atom stereocenters. The van der Waals surface area contributed by atoms with E-state index in [1.807, 2.05) is 37.4 Å². The normalized spacial score (nSPS) is 14.9. The number of hydrogen-bond donors (Lipinski definition) is 2. The zero-order chi connectivity index (χ0) is 10.6. The third kappa shape index (κ3) is 3.01. The van der Waals surface area contributed by atoms with E-state index in [0.717, 1.165) is 5.69 Å². The summed E-state index contributed by atoms with van der Waals surface area (Å²) in [5.74, 6) is 0. The summed E-state index contributed by atoms with van der Waals surface area (Å²) in [4.78, 5) is 1.74. The maximum atomic E-state index is 9.71. The monoisotopic (exact) mass is 195 g/mol. The van der Waals surface area contributed by atoms with E-state index >= 15 is 0 Å². The van der Waals surface area contributed by atoms with Crippen molar-refractivity contribution in [1.29, 1.82) is 0 Å². The van der Waals surface area contributed by atoms with Gasteiger partial charge in [-0.2, -0.15) is 0 Å². The van der Waals surface area contributed by atoms with Crippen LogP contribution in [0.1, 0.15) is 13.3 Å². The minimum atomic E-state index is -0.641. The first kappa shape index (κ1) is 11.0. The van der Waals surface area contributed by atoms with Gasteiger partial charge in [0.05, 0.1) is 6.10 Å². The Hall–Kier alpha value is -1.06. The van der Waals surface area contributed by atoms with Crippen molar-refractivity contribution in [3.8, 4) is 0 Å². The summed E-state index contributed by atoms with van der Waals surface area (Å²) in [5, 5.41) is 18.8. The summed E-state index contributed by atoms with van der Waals surface area (Å²) < 4.78 is 0. The molecule has 78 valence electrons. The second kappa shape index (κ2) is 4.98. The molecule has 0 aliphatic heterocycles. The lowest BCUT2D eigenvalue weighted by Gasteiger charge is -2.26. The molecule has 0 aromatic heterocycles. The molecule has 0 spiro atoms. The second-order valence-electron chi connectivity index (χ2n) is 3.51. The predicted octanol–water partition coefficient (Wildman–Crippen LogP) is 1.21. The van der Waals surface area contributed by atoms with Gasteiger partial charge in [0, 0.05) is 19.2 Å². The number of aliphatic hydroxyl groups excluding tert-OH is 2. The Bertz CT molecular complexity index is 261. The Morgan fingerprint density at radius 3 is 2.29 bits per heavy atom. The summed E-state index contributed by atoms with van der Waals surface area (Å²) in [6.45, 7) is 1.67. The zero-order valence-corrected chi connectivity index (χ0v) is 8.59. The van der Waals surface area contributed by atoms with Crippen LogP contribution in [0, 0.1) is 0 Å². The number of hydrogen-bond acceptors (Lipinski definition) is 3. The van der Waals surface area contributed by atoms with Crippen LogP contribution in [0.2, 0.25) is 0 Å². The van der Waals surface area contributed by atoms with Crippen LogP contribution < -0.4 is 4.90 Å². The van der Waals surface area contributed by atoms with Crippen molar-refractivity contribution in [1.82, 2.24) is 0 Å². The minimum Gasteiger partial charge on any atom is -0.393 e. The lowest BCUT2D eigenvalue weighted by molar-refractivity contribution is 0.0911. The van der Waals surface area contributed by atoms with Gasteiger partial charge < -0.3 is 15.1 Å². The number of benzene rings is 1. The van der Waals surface area contributed by atoms with Crippen LogP contribution in [-0.2, 0) is 0 Å². The summed E-state index contributed by atoms with van der Waals surface area (Å²) in [5.41, 5.74) is 0.945. The van der Waals surface area contributed by atoms with Crippen LogP contribution >= 0.6 is 0 Å². The highest BCUT2D eigenvalue weighted by molar-refractivity contribution is 5.45. The third-order valence-corrected chi connectivity index (χ3v) is 2.16. The Morgan fingerprint density at radius 2 is 1.79 bits per heavy atom. The highest BCUT2D eigenvalue weighted by Crippen LogP contribution is 2.15. The van der Waals surface area contributed by atoms with Crippen LogP contribution in [0.25, 0.3) is 0 Å². The average molecular weight is 195 g/mol. The average Bonchev–Trinajstić information content (AvgIpc) is 2.17. The fourth-order valence-electron chi connectivity index (χ4n) is 1.30. The van der Waals surface area contributed by atoms with Gasteiger partial charge in [0.25, 0.3) is 0 Å². The number of anilines is 1. The molecule has 1 aromatic carbocycles. The van der Waals surface area contributed by atoms with E-state index < -0.39 is 12.3 Å². The maximum absolute atomic E-state index is 9.71. The lowest BCUT2D eigenvalue weighted by atomic mass is 10.2. The van der Waals surface area contributed by atoms with Gasteiger partial charge in [0.15, 0.2) is 0 Å². The van der Waals surface area contributed by atoms with E-state index in [2.05, 4.69) is 0 Å². The van der Waals surface area contributed by atoms with E-state index in [0.29, 0.717) is 6.42 Å². The molecule has 0 heterocycles. The quantitative estimate of drug-likeness (QED) is 0.710. The van der Waals surface area contributed by atoms with Gasteiger partial charge in [0.1, 0.15) is 6.23 Å². The smallest absolute Gasteiger partial charge is 0.129 e. The molecular formula is C11H17NO2. The van der Waals surface area contributed by atoms with E-state index in [1.165, 1.54) is 0 Å². The Kier molecular flexibility index (Phi) is 3.92. The van der Waals surface area contributed by atoms with Crippen molar-refractivity contribution in [3.05, 3.63) is 30.3 Å². The second-order valence-corrected chi connectivity index (χ2v) is 3.51. The first-order valence-electron chi connectivity index (χ1n) is 4.75. The van der Waals surface area contributed by atoms with E-state index in [4.69, 9.17) is 5.11 Å². The third-order valence-electron chi connectivity index (χ3n) is 2.16. The van der Waals surface area contributed by atoms with Gasteiger partial charge in [-0.15, -0.1) is 0 Å². The molecule has 0 bridgehead atoms. The van der Waals surface area contributed by atoms with Crippen LogP contribution in [0.3, 0.4) is 0 Å². The fourth-order valence-corrected chi connectivity index (χ4v) is 1.30. The molecule has 1 aromatic rings. The summed E-state index contributed by atoms with van der Waals surface area (Å²) in [6, 6.07) is 9.61. The molecule has 0 aliphatic rings. The highest BCUT2D eigenvalue weighted by atomic mass is 16.3. The molecule has 0 fully saturated rings. The van der Waals surface area contributed by atoms with Crippen molar-refractivity contribution in [2.45, 2.75) is 25.7 Å². The van der Waals surface area contributed by atoms with Gasteiger partial charge in [-0.1, -0.05) is 18.2 Å². The van der Waals surface area contributed by atoms with Crippen molar-refractivity contribution >= 4 is 5.69 Å². The molecule has 0 saturated heterocycles. The Morgan fingerprint density at radius 1 is 1.21 bits per heavy atom. The van der Waals surface area contributed by atoms with Crippen molar-refractivity contribution in [2.24, 2.45) is 0 Å². The van der Waals surface area contributed by atoms with Gasteiger partial charge >= 0.3 is 0 Å². The number of para-hydroxylation sites is 1. The van der Waals surface area contributed by atoms with E-state index in [1.54, 1.807) is 11.8 Å². The van der Waals surface area contributed by atoms with Crippen LogP contribution in [-0.4, -0.2) is 29.6 Å². The fraction of sp³-hybridized carbons (Fsp3) is 0.455. The van der Waals surface area contributed by atoms with Crippen molar-refractivity contribution < 1.29 is 10.2 Å². The SMILES string of the molecule is CC(O)CC(O)N(C)c1ccccc1. The topological polar surface area (TPSA) is 43.7 Å². The molecule has 14 heavy (non-hydrogen) atoms. The van der Waals surface area contributed by atoms with Crippen LogP contribution in [0.15, 0.2) is 30.3 Å². The van der Waals surface area contributed by atoms with Gasteiger partial charge in [-0.25, -0.2) is 0 Å². The van der Waals surface area contributed by atoms with Gasteiger partial charge in [-0.3, -0.25) is 0 Å². The van der Waals surface area contributed by atoms with Crippen molar-refractivity contribution in [3.63, 3.8) is 0 Å². The molecular weight excluding hydrogens is 178 g/mol. The number of aliphatic hydroxyl groups is 2. The standard InChI is InChI=1S/C11H17NO2/c1-9(13)8-11(14)12(2)10-6-4-3-5-7-10/h3-7,9,11,13-14H,8H2,1-2H3. The molecule has 3 nitrogen and oxygen atoms in total. The Labute approximate surface area is 84.6 Å². The maximum Gasteiger partial charge on any atom is 0.129 e. The molecule has 0 amide bonds. The van der Waals surface area contributed by atoms with Gasteiger partial charge in [0.2, 0.25) is 0 Å². The molecule has 1 rings (SSSR count). The molecule has 2 N–H and O–H groups in total. The molecule has 2 atom stereocenters. The molecule has 0 aliphatic carbocycles. The minimum absolute atomic E-state index is 0.353. The van der Waals surface area contributed by atoms with Gasteiger partial charge in [-0.05, 0) is 19.1 Å². The number of rotatable bonds is 4. The van der Waals surface area contributed by atoms with E-state index in [9.17, 15) is 5.11 Å². The van der Waals surface area contributed by atoms with Crippen LogP contribution in [0.4, 0.5) is 5.69 Å². The lowest BCUT2D eigenvalue weighted by Crippen LogP contribution is -2.33. The highest BCUT2D eigenvalue weighted by Gasteiger charge is 2.13. The van der Waals surface area contributed by atoms with Crippen molar-refractivity contribution in [2.75, 3.05) is 11.9 Å². The largest absolute Gasteiger partial charge is 0.393 e. The van der Waals surface area contributed by atoms with E-state index in [-0.39, 0.29) is 0 Å². The number of nitrogens with zero attached hydrogens (tertiary/aromatic N) is 1. The molecule has 0 saturated carbocycles. The summed E-state index contributed by atoms with van der Waals surface area (Å²) >= 11 is 0. The molecule has 0 radical (unpaired) electrons. The zero-order valence-electron chi connectivity index (χ0n) is 8.59. The summed E-state index contributed by atoms with van der Waals surface area (Å²) in [6.07, 6.45) is -0.778. The first-order chi connectivity index (χ1) is 6.61. The Balaban J connectivity index is 2.61. The first-order valence-corrected chi connectivity index (χ1v) is 4.75. The summed E-state index contributed by atoms with van der Waals surface area (Å²) in [7, 11) is 1.81. The van der Waals surface area contributed by atoms with Crippen LogP contribution in [0.5, 0.6) is 0 Å². The molecule has 3 heteroatoms.